The minimum absolute atomic E-state index is 0.285. The first kappa shape index (κ1) is 21.1. The third-order valence-electron chi connectivity index (χ3n) is 4.75. The van der Waals surface area contributed by atoms with Crippen LogP contribution in [0.2, 0.25) is 0 Å². The molecule has 5 nitrogen and oxygen atoms in total. The molecule has 0 aromatic heterocycles. The molecule has 0 aliphatic rings. The maximum Gasteiger partial charge on any atom is 0.258 e. The van der Waals surface area contributed by atoms with Gasteiger partial charge in [-0.05, 0) is 42.8 Å². The summed E-state index contributed by atoms with van der Waals surface area (Å²) in [6.45, 7) is 2.05. The van der Waals surface area contributed by atoms with Gasteiger partial charge in [0.2, 0.25) is 5.91 Å². The summed E-state index contributed by atoms with van der Waals surface area (Å²) in [7, 11) is 0. The molecule has 0 spiro atoms. The van der Waals surface area contributed by atoms with Crippen LogP contribution in [0.5, 0.6) is 0 Å². The summed E-state index contributed by atoms with van der Waals surface area (Å²) >= 11 is 0. The Hall–Kier alpha value is -3.60. The lowest BCUT2D eigenvalue weighted by Gasteiger charge is -2.28. The Morgan fingerprint density at radius 2 is 1.33 bits per heavy atom. The summed E-state index contributed by atoms with van der Waals surface area (Å²) in [5, 5.41) is 4.36. The van der Waals surface area contributed by atoms with E-state index >= 15 is 0 Å². The van der Waals surface area contributed by atoms with Crippen molar-refractivity contribution in [3.8, 4) is 0 Å². The van der Waals surface area contributed by atoms with Crippen LogP contribution >= 0.6 is 0 Å². The normalized spacial score (nSPS) is 11.4. The van der Waals surface area contributed by atoms with Gasteiger partial charge in [0.15, 0.2) is 0 Å². The number of benzene rings is 3. The summed E-state index contributed by atoms with van der Waals surface area (Å²) in [4.78, 5) is 26.7. The summed E-state index contributed by atoms with van der Waals surface area (Å²) in [6.07, 6.45) is 2.17. The van der Waals surface area contributed by atoms with Crippen molar-refractivity contribution in [1.82, 2.24) is 0 Å². The highest BCUT2D eigenvalue weighted by molar-refractivity contribution is 6.12. The van der Waals surface area contributed by atoms with Crippen molar-refractivity contribution in [3.63, 3.8) is 0 Å². The fourth-order valence-electron chi connectivity index (χ4n) is 3.15. The van der Waals surface area contributed by atoms with Crippen molar-refractivity contribution in [2.75, 3.05) is 15.8 Å². The SMILES string of the molecule is CCCCC(C(=O)Nc1ccccc1)C(=O)N(Nc1ccccc1)c1ccccc1. The summed E-state index contributed by atoms with van der Waals surface area (Å²) in [5.41, 5.74) is 5.31. The Bertz CT molecular complexity index is 930. The smallest absolute Gasteiger partial charge is 0.258 e. The van der Waals surface area contributed by atoms with E-state index in [2.05, 4.69) is 10.7 Å². The molecule has 1 atom stereocenters. The average Bonchev–Trinajstić information content (AvgIpc) is 2.79. The third kappa shape index (κ3) is 5.70. The van der Waals surface area contributed by atoms with Crippen LogP contribution in [0.15, 0.2) is 91.0 Å². The van der Waals surface area contributed by atoms with Crippen LogP contribution in [0.4, 0.5) is 17.1 Å². The second-order valence-electron chi connectivity index (χ2n) is 7.04. The van der Waals surface area contributed by atoms with Gasteiger partial charge in [-0.15, -0.1) is 0 Å². The van der Waals surface area contributed by atoms with Gasteiger partial charge in [0.1, 0.15) is 5.92 Å². The van der Waals surface area contributed by atoms with E-state index in [-0.39, 0.29) is 11.8 Å². The number of carbonyl (C=O) groups excluding carboxylic acids is 2. The number of nitrogens with one attached hydrogen (secondary N) is 2. The third-order valence-corrected chi connectivity index (χ3v) is 4.75. The molecule has 154 valence electrons. The number of carbonyl (C=O) groups is 2. The fourth-order valence-corrected chi connectivity index (χ4v) is 3.15. The molecule has 0 radical (unpaired) electrons. The molecule has 0 heterocycles. The molecule has 0 bridgehead atoms. The van der Waals surface area contributed by atoms with E-state index < -0.39 is 5.92 Å². The molecule has 0 fully saturated rings. The Kier molecular flexibility index (Phi) is 7.61. The Labute approximate surface area is 177 Å². The van der Waals surface area contributed by atoms with E-state index in [9.17, 15) is 9.59 Å². The van der Waals surface area contributed by atoms with Gasteiger partial charge in [0.25, 0.3) is 5.91 Å². The van der Waals surface area contributed by atoms with Crippen molar-refractivity contribution in [1.29, 1.82) is 0 Å². The first-order chi connectivity index (χ1) is 14.7. The molecule has 0 saturated carbocycles. The molecule has 3 aromatic carbocycles. The topological polar surface area (TPSA) is 61.4 Å². The van der Waals surface area contributed by atoms with Gasteiger partial charge < -0.3 is 5.32 Å². The van der Waals surface area contributed by atoms with Crippen molar-refractivity contribution in [3.05, 3.63) is 91.0 Å². The molecular formula is C25H27N3O2. The highest BCUT2D eigenvalue weighted by atomic mass is 16.2. The zero-order valence-electron chi connectivity index (χ0n) is 17.1. The van der Waals surface area contributed by atoms with E-state index in [1.54, 1.807) is 0 Å². The molecule has 2 amide bonds. The highest BCUT2D eigenvalue weighted by Gasteiger charge is 2.31. The summed E-state index contributed by atoms with van der Waals surface area (Å²) in [6, 6.07) is 28.0. The van der Waals surface area contributed by atoms with E-state index in [4.69, 9.17) is 0 Å². The van der Waals surface area contributed by atoms with Gasteiger partial charge in [-0.1, -0.05) is 74.4 Å². The molecule has 2 N–H and O–H groups in total. The molecule has 0 saturated heterocycles. The molecule has 1 unspecified atom stereocenters. The Morgan fingerprint density at radius 1 is 0.800 bits per heavy atom. The summed E-state index contributed by atoms with van der Waals surface area (Å²) < 4.78 is 0. The van der Waals surface area contributed by atoms with Crippen molar-refractivity contribution in [2.45, 2.75) is 26.2 Å². The zero-order chi connectivity index (χ0) is 21.2. The maximum absolute atomic E-state index is 13.6. The molecule has 30 heavy (non-hydrogen) atoms. The minimum Gasteiger partial charge on any atom is -0.325 e. The average molecular weight is 402 g/mol. The molecule has 0 aliphatic heterocycles. The Balaban J connectivity index is 1.88. The molecule has 0 aliphatic carbocycles. The monoisotopic (exact) mass is 401 g/mol. The molecule has 5 heteroatoms. The van der Waals surface area contributed by atoms with Gasteiger partial charge in [-0.2, -0.15) is 0 Å². The number of unbranched alkanes of at least 4 members (excludes halogenated alkanes) is 1. The largest absolute Gasteiger partial charge is 0.325 e. The summed E-state index contributed by atoms with van der Waals surface area (Å²) in [5.74, 6) is -1.39. The van der Waals surface area contributed by atoms with Crippen LogP contribution in [0.1, 0.15) is 26.2 Å². The second-order valence-corrected chi connectivity index (χ2v) is 7.04. The number of hydrazine groups is 1. The predicted molar refractivity (Wildman–Crippen MR) is 122 cm³/mol. The van der Waals surface area contributed by atoms with Crippen LogP contribution < -0.4 is 15.8 Å². The number of nitrogens with zero attached hydrogens (tertiary/aromatic N) is 1. The van der Waals surface area contributed by atoms with Crippen LogP contribution in [0, 0.1) is 5.92 Å². The van der Waals surface area contributed by atoms with E-state index in [1.807, 2.05) is 97.9 Å². The lowest BCUT2D eigenvalue weighted by atomic mass is 9.99. The van der Waals surface area contributed by atoms with Crippen molar-refractivity contribution >= 4 is 28.9 Å². The van der Waals surface area contributed by atoms with Crippen LogP contribution in [-0.4, -0.2) is 11.8 Å². The van der Waals surface area contributed by atoms with Gasteiger partial charge in [0, 0.05) is 5.69 Å². The van der Waals surface area contributed by atoms with Crippen LogP contribution in [-0.2, 0) is 9.59 Å². The highest BCUT2D eigenvalue weighted by Crippen LogP contribution is 2.22. The lowest BCUT2D eigenvalue weighted by Crippen LogP contribution is -2.44. The van der Waals surface area contributed by atoms with Crippen LogP contribution in [0.3, 0.4) is 0 Å². The lowest BCUT2D eigenvalue weighted by molar-refractivity contribution is -0.131. The molecule has 3 rings (SSSR count). The van der Waals surface area contributed by atoms with Crippen molar-refractivity contribution in [2.24, 2.45) is 5.92 Å². The number of hydrogen-bond acceptors (Lipinski definition) is 3. The van der Waals surface area contributed by atoms with E-state index in [0.29, 0.717) is 17.8 Å². The van der Waals surface area contributed by atoms with Crippen molar-refractivity contribution < 1.29 is 9.59 Å². The first-order valence-corrected chi connectivity index (χ1v) is 10.3. The minimum atomic E-state index is -0.804. The second kappa shape index (κ2) is 10.8. The zero-order valence-corrected chi connectivity index (χ0v) is 17.1. The quantitative estimate of drug-likeness (QED) is 0.368. The maximum atomic E-state index is 13.6. The van der Waals surface area contributed by atoms with Gasteiger partial charge in [-0.25, -0.2) is 5.01 Å². The fraction of sp³-hybridized carbons (Fsp3) is 0.200. The van der Waals surface area contributed by atoms with Gasteiger partial charge in [-0.3, -0.25) is 15.0 Å². The van der Waals surface area contributed by atoms with E-state index in [1.165, 1.54) is 5.01 Å². The standard InChI is InChI=1S/C25H27N3O2/c1-2-3-19-23(24(29)26-20-13-7-4-8-14-20)25(30)28(22-17-11-6-12-18-22)27-21-15-9-5-10-16-21/h4-18,23,27H,2-3,19H2,1H3,(H,26,29). The number of amides is 2. The van der Waals surface area contributed by atoms with E-state index in [0.717, 1.165) is 18.5 Å². The number of rotatable bonds is 9. The number of anilines is 3. The van der Waals surface area contributed by atoms with Gasteiger partial charge in [0.05, 0.1) is 11.4 Å². The van der Waals surface area contributed by atoms with Gasteiger partial charge >= 0.3 is 0 Å². The number of para-hydroxylation sites is 3. The predicted octanol–water partition coefficient (Wildman–Crippen LogP) is 5.49. The van der Waals surface area contributed by atoms with Crippen LogP contribution in [0.25, 0.3) is 0 Å². The first-order valence-electron chi connectivity index (χ1n) is 10.3. The Morgan fingerprint density at radius 3 is 1.90 bits per heavy atom. The molecular weight excluding hydrogens is 374 g/mol. The molecule has 3 aromatic rings. The number of hydrogen-bond donors (Lipinski definition) is 2.